The highest BCUT2D eigenvalue weighted by atomic mass is 16.4. The van der Waals surface area contributed by atoms with E-state index < -0.39 is 12.0 Å². The second-order valence-corrected chi connectivity index (χ2v) is 6.04. The first kappa shape index (κ1) is 15.0. The van der Waals surface area contributed by atoms with Crippen molar-refractivity contribution < 1.29 is 9.90 Å². The van der Waals surface area contributed by atoms with Gasteiger partial charge in [-0.2, -0.15) is 0 Å². The van der Waals surface area contributed by atoms with Gasteiger partial charge in [-0.3, -0.25) is 9.69 Å². The number of hydrogen-bond acceptors (Lipinski definition) is 3. The maximum absolute atomic E-state index is 11.8. The minimum absolute atomic E-state index is 0.445. The highest BCUT2D eigenvalue weighted by Crippen LogP contribution is 2.21. The predicted molar refractivity (Wildman–Crippen MR) is 88.1 cm³/mol. The highest BCUT2D eigenvalue weighted by Gasteiger charge is 2.28. The van der Waals surface area contributed by atoms with Gasteiger partial charge >= 0.3 is 5.97 Å². The van der Waals surface area contributed by atoms with Gasteiger partial charge in [0, 0.05) is 26.2 Å². The van der Waals surface area contributed by atoms with Crippen molar-refractivity contribution in [2.24, 2.45) is 0 Å². The largest absolute Gasteiger partial charge is 0.480 e. The van der Waals surface area contributed by atoms with Crippen molar-refractivity contribution in [2.75, 3.05) is 33.2 Å². The van der Waals surface area contributed by atoms with Gasteiger partial charge in [0.05, 0.1) is 0 Å². The summed E-state index contributed by atoms with van der Waals surface area (Å²) in [5.74, 6) is -0.725. The number of likely N-dealkylation sites (N-methyl/N-ethyl adjacent to an activating group) is 1. The van der Waals surface area contributed by atoms with Crippen LogP contribution in [0.25, 0.3) is 10.8 Å². The average Bonchev–Trinajstić information content (AvgIpc) is 2.53. The first-order chi connectivity index (χ1) is 10.6. The number of carboxylic acids is 1. The van der Waals surface area contributed by atoms with E-state index in [1.165, 1.54) is 5.39 Å². The smallest absolute Gasteiger partial charge is 0.321 e. The Balaban J connectivity index is 1.85. The number of carbonyl (C=O) groups is 1. The van der Waals surface area contributed by atoms with Crippen molar-refractivity contribution in [1.29, 1.82) is 0 Å². The zero-order valence-electron chi connectivity index (χ0n) is 12.9. The molecule has 0 unspecified atom stereocenters. The van der Waals surface area contributed by atoms with E-state index in [0.29, 0.717) is 6.42 Å². The van der Waals surface area contributed by atoms with Gasteiger partial charge in [-0.15, -0.1) is 0 Å². The van der Waals surface area contributed by atoms with Crippen molar-refractivity contribution in [3.63, 3.8) is 0 Å². The van der Waals surface area contributed by atoms with Crippen molar-refractivity contribution in [1.82, 2.24) is 9.80 Å². The molecule has 1 aliphatic heterocycles. The molecule has 1 atom stereocenters. The summed E-state index contributed by atoms with van der Waals surface area (Å²) in [6.45, 7) is 3.50. The second kappa shape index (κ2) is 6.46. The zero-order valence-corrected chi connectivity index (χ0v) is 12.9. The maximum atomic E-state index is 11.8. The first-order valence-corrected chi connectivity index (χ1v) is 7.77. The van der Waals surface area contributed by atoms with Crippen molar-refractivity contribution >= 4 is 16.7 Å². The lowest BCUT2D eigenvalue weighted by Crippen LogP contribution is -2.52. The van der Waals surface area contributed by atoms with Crippen LogP contribution in [-0.2, 0) is 11.2 Å². The third-order valence-corrected chi connectivity index (χ3v) is 4.56. The summed E-state index contributed by atoms with van der Waals surface area (Å²) in [5.41, 5.74) is 1.12. The first-order valence-electron chi connectivity index (χ1n) is 7.77. The second-order valence-electron chi connectivity index (χ2n) is 6.04. The Morgan fingerprint density at radius 1 is 1.09 bits per heavy atom. The lowest BCUT2D eigenvalue weighted by molar-refractivity contribution is -0.144. The third kappa shape index (κ3) is 3.13. The van der Waals surface area contributed by atoms with Crippen LogP contribution in [0.5, 0.6) is 0 Å². The van der Waals surface area contributed by atoms with E-state index in [1.54, 1.807) is 0 Å². The van der Waals surface area contributed by atoms with E-state index in [4.69, 9.17) is 0 Å². The number of rotatable bonds is 4. The van der Waals surface area contributed by atoms with Crippen LogP contribution in [0.3, 0.4) is 0 Å². The fourth-order valence-corrected chi connectivity index (χ4v) is 3.18. The molecule has 3 rings (SSSR count). The molecule has 2 aromatic carbocycles. The number of fused-ring (bicyclic) bond motifs is 1. The van der Waals surface area contributed by atoms with Crippen LogP contribution in [0.15, 0.2) is 42.5 Å². The van der Waals surface area contributed by atoms with Crippen molar-refractivity contribution in [3.05, 3.63) is 48.0 Å². The molecular weight excluding hydrogens is 276 g/mol. The van der Waals surface area contributed by atoms with Crippen LogP contribution in [0.1, 0.15) is 5.56 Å². The molecule has 0 aromatic heterocycles. The molecule has 0 bridgehead atoms. The van der Waals surface area contributed by atoms with Crippen LogP contribution in [0.2, 0.25) is 0 Å². The standard InChI is InChI=1S/C18H22N2O2/c1-19-9-11-20(12-10-19)17(18(21)22)13-15-7-4-6-14-5-2-3-8-16(14)15/h2-8,17H,9-13H2,1H3,(H,21,22)/t17-/m1/s1. The lowest BCUT2D eigenvalue weighted by Gasteiger charge is -2.36. The molecule has 1 fully saturated rings. The fourth-order valence-electron chi connectivity index (χ4n) is 3.18. The van der Waals surface area contributed by atoms with E-state index in [0.717, 1.165) is 37.1 Å². The molecule has 0 aliphatic carbocycles. The van der Waals surface area contributed by atoms with Crippen LogP contribution in [-0.4, -0.2) is 60.1 Å². The average molecular weight is 298 g/mol. The molecule has 1 heterocycles. The van der Waals surface area contributed by atoms with E-state index in [2.05, 4.69) is 35.0 Å². The van der Waals surface area contributed by atoms with Crippen LogP contribution < -0.4 is 0 Å². The molecule has 1 N–H and O–H groups in total. The molecule has 0 spiro atoms. The molecule has 4 heteroatoms. The van der Waals surface area contributed by atoms with E-state index >= 15 is 0 Å². The summed E-state index contributed by atoms with van der Waals surface area (Å²) < 4.78 is 0. The molecule has 0 saturated carbocycles. The Labute approximate surface area is 131 Å². The van der Waals surface area contributed by atoms with Gasteiger partial charge in [0.25, 0.3) is 0 Å². The summed E-state index contributed by atoms with van der Waals surface area (Å²) in [6.07, 6.45) is 0.556. The number of carboxylic acid groups (broad SMARTS) is 1. The molecular formula is C18H22N2O2. The molecule has 2 aromatic rings. The molecule has 22 heavy (non-hydrogen) atoms. The quantitative estimate of drug-likeness (QED) is 0.938. The van der Waals surface area contributed by atoms with E-state index in [9.17, 15) is 9.90 Å². The van der Waals surface area contributed by atoms with E-state index in [1.807, 2.05) is 24.3 Å². The predicted octanol–water partition coefficient (Wildman–Crippen LogP) is 2.08. The SMILES string of the molecule is CN1CCN([C@H](Cc2cccc3ccccc23)C(=O)O)CC1. The summed E-state index contributed by atoms with van der Waals surface area (Å²) in [6, 6.07) is 13.9. The van der Waals surface area contributed by atoms with Crippen molar-refractivity contribution in [2.45, 2.75) is 12.5 Å². The summed E-state index contributed by atoms with van der Waals surface area (Å²) in [7, 11) is 2.08. The third-order valence-electron chi connectivity index (χ3n) is 4.56. The van der Waals surface area contributed by atoms with Gasteiger partial charge in [0.2, 0.25) is 0 Å². The lowest BCUT2D eigenvalue weighted by atomic mass is 9.97. The number of hydrogen-bond donors (Lipinski definition) is 1. The zero-order chi connectivity index (χ0) is 15.5. The molecule has 0 amide bonds. The van der Waals surface area contributed by atoms with Gasteiger partial charge < -0.3 is 10.0 Å². The van der Waals surface area contributed by atoms with Crippen LogP contribution in [0.4, 0.5) is 0 Å². The number of benzene rings is 2. The Morgan fingerprint density at radius 3 is 2.50 bits per heavy atom. The molecule has 116 valence electrons. The molecule has 0 radical (unpaired) electrons. The number of nitrogens with zero attached hydrogens (tertiary/aromatic N) is 2. The monoisotopic (exact) mass is 298 g/mol. The maximum Gasteiger partial charge on any atom is 0.321 e. The summed E-state index contributed by atoms with van der Waals surface area (Å²) in [5, 5.41) is 12.0. The normalized spacial score (nSPS) is 18.4. The topological polar surface area (TPSA) is 43.8 Å². The molecule has 1 saturated heterocycles. The van der Waals surface area contributed by atoms with Gasteiger partial charge in [0.1, 0.15) is 6.04 Å². The Bertz CT molecular complexity index is 658. The molecule has 4 nitrogen and oxygen atoms in total. The summed E-state index contributed by atoms with van der Waals surface area (Å²) >= 11 is 0. The fraction of sp³-hybridized carbons (Fsp3) is 0.389. The van der Waals surface area contributed by atoms with E-state index in [-0.39, 0.29) is 0 Å². The summed E-state index contributed by atoms with van der Waals surface area (Å²) in [4.78, 5) is 16.1. The number of aliphatic carboxylic acids is 1. The van der Waals surface area contributed by atoms with Gasteiger partial charge in [0.15, 0.2) is 0 Å². The Hall–Kier alpha value is -1.91. The highest BCUT2D eigenvalue weighted by molar-refractivity contribution is 5.86. The van der Waals surface area contributed by atoms with Crippen LogP contribution >= 0.6 is 0 Å². The van der Waals surface area contributed by atoms with Gasteiger partial charge in [-0.05, 0) is 29.8 Å². The Morgan fingerprint density at radius 2 is 1.77 bits per heavy atom. The van der Waals surface area contributed by atoms with Gasteiger partial charge in [-0.1, -0.05) is 42.5 Å². The molecule has 1 aliphatic rings. The van der Waals surface area contributed by atoms with Crippen LogP contribution in [0, 0.1) is 0 Å². The Kier molecular flexibility index (Phi) is 4.41. The number of piperazine rings is 1. The minimum atomic E-state index is -0.725. The van der Waals surface area contributed by atoms with Gasteiger partial charge in [-0.25, -0.2) is 0 Å². The van der Waals surface area contributed by atoms with Crippen molar-refractivity contribution in [3.8, 4) is 0 Å². The minimum Gasteiger partial charge on any atom is -0.480 e.